The van der Waals surface area contributed by atoms with Gasteiger partial charge in [0.05, 0.1) is 6.61 Å². The number of allylic oxidation sites excluding steroid dienone is 3. The molecule has 0 aromatic heterocycles. The van der Waals surface area contributed by atoms with Crippen LogP contribution in [0.2, 0.25) is 0 Å². The van der Waals surface area contributed by atoms with Crippen LogP contribution in [0, 0.1) is 5.92 Å². The predicted octanol–water partition coefficient (Wildman–Crippen LogP) is 4.04. The molecule has 0 aromatic carbocycles. The van der Waals surface area contributed by atoms with Gasteiger partial charge in [0.25, 0.3) is 0 Å². The van der Waals surface area contributed by atoms with Gasteiger partial charge in [-0.25, -0.2) is 4.79 Å². The van der Waals surface area contributed by atoms with Crippen LogP contribution in [-0.2, 0) is 9.53 Å². The van der Waals surface area contributed by atoms with Crippen molar-refractivity contribution < 1.29 is 9.53 Å². The van der Waals surface area contributed by atoms with Crippen molar-refractivity contribution in [1.29, 1.82) is 0 Å². The predicted molar refractivity (Wildman–Crippen MR) is 72.7 cm³/mol. The minimum atomic E-state index is -0.240. The van der Waals surface area contributed by atoms with E-state index in [4.69, 9.17) is 4.74 Å². The lowest BCUT2D eigenvalue weighted by molar-refractivity contribution is -0.139. The van der Waals surface area contributed by atoms with Gasteiger partial charge in [-0.1, -0.05) is 29.9 Å². The van der Waals surface area contributed by atoms with Crippen LogP contribution < -0.4 is 0 Å². The van der Waals surface area contributed by atoms with Gasteiger partial charge < -0.3 is 4.74 Å². The van der Waals surface area contributed by atoms with Crippen LogP contribution in [0.25, 0.3) is 0 Å². The topological polar surface area (TPSA) is 26.3 Å². The highest BCUT2D eigenvalue weighted by Crippen LogP contribution is 2.16. The summed E-state index contributed by atoms with van der Waals surface area (Å²) in [6.07, 6.45) is 4.78. The molecule has 0 aromatic rings. The Hall–Kier alpha value is -1.31. The van der Waals surface area contributed by atoms with Crippen molar-refractivity contribution in [2.24, 2.45) is 5.92 Å². The second-order valence-corrected chi connectivity index (χ2v) is 4.63. The maximum Gasteiger partial charge on any atom is 0.333 e. The number of carbonyl (C=O) groups is 1. The molecular formula is C15H24O2. The second-order valence-electron chi connectivity index (χ2n) is 4.63. The molecule has 0 bridgehead atoms. The van der Waals surface area contributed by atoms with Crippen molar-refractivity contribution in [3.05, 3.63) is 35.5 Å². The Morgan fingerprint density at radius 1 is 1.29 bits per heavy atom. The summed E-state index contributed by atoms with van der Waals surface area (Å²) in [6, 6.07) is 0. The molecule has 1 atom stereocenters. The monoisotopic (exact) mass is 236 g/mol. The maximum absolute atomic E-state index is 11.5. The van der Waals surface area contributed by atoms with Crippen molar-refractivity contribution in [2.75, 3.05) is 6.61 Å². The zero-order valence-electron chi connectivity index (χ0n) is 11.7. The third-order valence-electron chi connectivity index (χ3n) is 2.68. The molecule has 0 saturated heterocycles. The molecule has 0 radical (unpaired) electrons. The SMILES string of the molecule is C=C(C)C(CC=C(C)C)COC(=O)/C(C)=C/C. The largest absolute Gasteiger partial charge is 0.462 e. The summed E-state index contributed by atoms with van der Waals surface area (Å²) in [4.78, 5) is 11.5. The molecular weight excluding hydrogens is 212 g/mol. The summed E-state index contributed by atoms with van der Waals surface area (Å²) in [7, 11) is 0. The van der Waals surface area contributed by atoms with Gasteiger partial charge in [0.1, 0.15) is 0 Å². The van der Waals surface area contributed by atoms with Gasteiger partial charge in [0.2, 0.25) is 0 Å². The van der Waals surface area contributed by atoms with Crippen LogP contribution in [0.15, 0.2) is 35.5 Å². The highest BCUT2D eigenvalue weighted by atomic mass is 16.5. The molecule has 96 valence electrons. The Kier molecular flexibility index (Phi) is 7.27. The first-order valence-corrected chi connectivity index (χ1v) is 5.97. The van der Waals surface area contributed by atoms with Crippen LogP contribution in [0.1, 0.15) is 41.0 Å². The molecule has 0 aliphatic carbocycles. The quantitative estimate of drug-likeness (QED) is 0.395. The first-order valence-electron chi connectivity index (χ1n) is 5.97. The summed E-state index contributed by atoms with van der Waals surface area (Å²) >= 11 is 0. The van der Waals surface area contributed by atoms with Crippen molar-refractivity contribution in [1.82, 2.24) is 0 Å². The average molecular weight is 236 g/mol. The van der Waals surface area contributed by atoms with Gasteiger partial charge >= 0.3 is 5.97 Å². The summed E-state index contributed by atoms with van der Waals surface area (Å²) < 4.78 is 5.25. The van der Waals surface area contributed by atoms with Crippen LogP contribution in [0.4, 0.5) is 0 Å². The van der Waals surface area contributed by atoms with E-state index in [0.717, 1.165) is 12.0 Å². The van der Waals surface area contributed by atoms with E-state index in [1.54, 1.807) is 13.0 Å². The van der Waals surface area contributed by atoms with Crippen molar-refractivity contribution in [2.45, 2.75) is 41.0 Å². The highest BCUT2D eigenvalue weighted by Gasteiger charge is 2.12. The van der Waals surface area contributed by atoms with Gasteiger partial charge in [-0.2, -0.15) is 0 Å². The van der Waals surface area contributed by atoms with Gasteiger partial charge in [0.15, 0.2) is 0 Å². The van der Waals surface area contributed by atoms with Crippen molar-refractivity contribution >= 4 is 5.97 Å². The molecule has 0 aliphatic heterocycles. The number of ether oxygens (including phenoxy) is 1. The molecule has 0 fully saturated rings. The van der Waals surface area contributed by atoms with Crippen LogP contribution >= 0.6 is 0 Å². The fourth-order valence-electron chi connectivity index (χ4n) is 1.20. The number of hydrogen-bond donors (Lipinski definition) is 0. The van der Waals surface area contributed by atoms with Crippen LogP contribution in [-0.4, -0.2) is 12.6 Å². The Balaban J connectivity index is 4.33. The minimum Gasteiger partial charge on any atom is -0.462 e. The summed E-state index contributed by atoms with van der Waals surface area (Å²) in [6.45, 7) is 14.0. The lowest BCUT2D eigenvalue weighted by atomic mass is 9.98. The first kappa shape index (κ1) is 15.7. The molecule has 1 unspecified atom stereocenters. The maximum atomic E-state index is 11.5. The minimum absolute atomic E-state index is 0.207. The van der Waals surface area contributed by atoms with Crippen molar-refractivity contribution in [3.63, 3.8) is 0 Å². The van der Waals surface area contributed by atoms with E-state index in [9.17, 15) is 4.79 Å². The highest BCUT2D eigenvalue weighted by molar-refractivity contribution is 5.87. The number of hydrogen-bond acceptors (Lipinski definition) is 2. The molecule has 2 nitrogen and oxygen atoms in total. The van der Waals surface area contributed by atoms with Gasteiger partial charge in [-0.05, 0) is 41.0 Å². The van der Waals surface area contributed by atoms with E-state index < -0.39 is 0 Å². The third kappa shape index (κ3) is 6.77. The van der Waals surface area contributed by atoms with E-state index in [1.807, 2.05) is 13.8 Å². The zero-order chi connectivity index (χ0) is 13.4. The van der Waals surface area contributed by atoms with E-state index in [-0.39, 0.29) is 11.9 Å². The van der Waals surface area contributed by atoms with Gasteiger partial charge in [0, 0.05) is 11.5 Å². The van der Waals surface area contributed by atoms with Gasteiger partial charge in [-0.15, -0.1) is 0 Å². The zero-order valence-corrected chi connectivity index (χ0v) is 11.7. The summed E-state index contributed by atoms with van der Waals surface area (Å²) in [5.41, 5.74) is 2.97. The van der Waals surface area contributed by atoms with E-state index in [1.165, 1.54) is 5.57 Å². The fraction of sp³-hybridized carbons (Fsp3) is 0.533. The average Bonchev–Trinajstić information content (AvgIpc) is 2.26. The molecule has 0 rings (SSSR count). The molecule has 0 amide bonds. The Bertz CT molecular complexity index is 331. The standard InChI is InChI=1S/C15H24O2/c1-7-13(6)15(16)17-10-14(12(4)5)9-8-11(2)3/h7-8,14H,4,9-10H2,1-3,5-6H3/b13-7+. The smallest absolute Gasteiger partial charge is 0.333 e. The first-order chi connectivity index (χ1) is 7.88. The van der Waals surface area contributed by atoms with E-state index in [2.05, 4.69) is 26.5 Å². The Morgan fingerprint density at radius 3 is 2.29 bits per heavy atom. The lowest BCUT2D eigenvalue weighted by Crippen LogP contribution is -2.15. The molecule has 0 spiro atoms. The third-order valence-corrected chi connectivity index (χ3v) is 2.68. The Morgan fingerprint density at radius 2 is 1.88 bits per heavy atom. The van der Waals surface area contributed by atoms with Crippen LogP contribution in [0.5, 0.6) is 0 Å². The van der Waals surface area contributed by atoms with E-state index >= 15 is 0 Å². The van der Waals surface area contributed by atoms with Crippen molar-refractivity contribution in [3.8, 4) is 0 Å². The molecule has 0 heterocycles. The lowest BCUT2D eigenvalue weighted by Gasteiger charge is -2.15. The second kappa shape index (κ2) is 7.88. The summed E-state index contributed by atoms with van der Waals surface area (Å²) in [5, 5.41) is 0. The fourth-order valence-corrected chi connectivity index (χ4v) is 1.20. The normalized spacial score (nSPS) is 12.9. The summed E-state index contributed by atoms with van der Waals surface area (Å²) in [5.74, 6) is -0.0329. The van der Waals surface area contributed by atoms with Gasteiger partial charge in [-0.3, -0.25) is 0 Å². The molecule has 0 saturated carbocycles. The number of carbonyl (C=O) groups excluding carboxylic acids is 1. The number of rotatable bonds is 6. The molecule has 2 heteroatoms. The van der Waals surface area contributed by atoms with Crippen LogP contribution in [0.3, 0.4) is 0 Å². The number of esters is 1. The Labute approximate surface area is 105 Å². The molecule has 0 N–H and O–H groups in total. The van der Waals surface area contributed by atoms with E-state index in [0.29, 0.717) is 12.2 Å². The molecule has 17 heavy (non-hydrogen) atoms. The molecule has 0 aliphatic rings.